The lowest BCUT2D eigenvalue weighted by molar-refractivity contribution is -0.118. The van der Waals surface area contributed by atoms with Gasteiger partial charge in [-0.15, -0.1) is 10.2 Å². The molecule has 1 N–H and O–H groups in total. The van der Waals surface area contributed by atoms with Crippen LogP contribution >= 0.6 is 11.3 Å². The molecular weight excluding hydrogens is 252 g/mol. The Morgan fingerprint density at radius 3 is 2.83 bits per heavy atom. The zero-order chi connectivity index (χ0) is 13.3. The highest BCUT2D eigenvalue weighted by Crippen LogP contribution is 2.23. The molecule has 18 heavy (non-hydrogen) atoms. The van der Waals surface area contributed by atoms with Crippen LogP contribution in [0.25, 0.3) is 0 Å². The maximum absolute atomic E-state index is 12.3. The first-order chi connectivity index (χ1) is 8.41. The van der Waals surface area contributed by atoms with Gasteiger partial charge in [-0.2, -0.15) is 0 Å². The minimum Gasteiger partial charge on any atom is -0.369 e. The molecule has 0 saturated carbocycles. The molecule has 1 atom stereocenters. The average molecular weight is 270 g/mol. The van der Waals surface area contributed by atoms with E-state index in [0.717, 1.165) is 0 Å². The zero-order valence-electron chi connectivity index (χ0n) is 11.1. The minimum absolute atomic E-state index is 0.0365. The number of carbonyl (C=O) groups is 1. The fourth-order valence-electron chi connectivity index (χ4n) is 2.15. The standard InChI is InChI=1S/C11H18N4O2S/c1-7-5-15(6-11(2,3)17-7)9(16)8-13-14-10(12-4)18-8/h7H,5-6H2,1-4H3,(H,12,14). The van der Waals surface area contributed by atoms with Crippen LogP contribution in [0.5, 0.6) is 0 Å². The van der Waals surface area contributed by atoms with Crippen LogP contribution in [0.3, 0.4) is 0 Å². The summed E-state index contributed by atoms with van der Waals surface area (Å²) >= 11 is 1.27. The Kier molecular flexibility index (Phi) is 3.54. The summed E-state index contributed by atoms with van der Waals surface area (Å²) < 4.78 is 5.78. The van der Waals surface area contributed by atoms with Crippen LogP contribution in [-0.2, 0) is 4.74 Å². The number of rotatable bonds is 2. The van der Waals surface area contributed by atoms with E-state index in [1.165, 1.54) is 11.3 Å². The van der Waals surface area contributed by atoms with Gasteiger partial charge in [-0.25, -0.2) is 0 Å². The Morgan fingerprint density at radius 2 is 2.28 bits per heavy atom. The van der Waals surface area contributed by atoms with Crippen LogP contribution in [0.1, 0.15) is 30.6 Å². The smallest absolute Gasteiger partial charge is 0.285 e. The number of nitrogens with zero attached hydrogens (tertiary/aromatic N) is 3. The molecule has 1 aliphatic rings. The predicted octanol–water partition coefficient (Wildman–Crippen LogP) is 1.22. The molecule has 1 aliphatic heterocycles. The molecule has 6 nitrogen and oxygen atoms in total. The molecule has 1 saturated heterocycles. The second kappa shape index (κ2) is 4.81. The van der Waals surface area contributed by atoms with Gasteiger partial charge in [-0.3, -0.25) is 4.79 Å². The van der Waals surface area contributed by atoms with Crippen molar-refractivity contribution in [2.75, 3.05) is 25.5 Å². The minimum atomic E-state index is -0.316. The quantitative estimate of drug-likeness (QED) is 0.875. The van der Waals surface area contributed by atoms with Crippen molar-refractivity contribution in [2.24, 2.45) is 0 Å². The first kappa shape index (κ1) is 13.2. The Morgan fingerprint density at radius 1 is 1.56 bits per heavy atom. The zero-order valence-corrected chi connectivity index (χ0v) is 11.9. The molecule has 1 unspecified atom stereocenters. The van der Waals surface area contributed by atoms with Crippen LogP contribution in [0.2, 0.25) is 0 Å². The third-order valence-corrected chi connectivity index (χ3v) is 3.61. The van der Waals surface area contributed by atoms with Crippen molar-refractivity contribution in [2.45, 2.75) is 32.5 Å². The summed E-state index contributed by atoms with van der Waals surface area (Å²) in [6.45, 7) is 7.12. The Bertz CT molecular complexity index is 446. The number of hydrogen-bond donors (Lipinski definition) is 1. The molecular formula is C11H18N4O2S. The Labute approximate surface area is 110 Å². The summed E-state index contributed by atoms with van der Waals surface area (Å²) in [4.78, 5) is 14.1. The van der Waals surface area contributed by atoms with E-state index < -0.39 is 0 Å². The molecule has 1 amide bonds. The van der Waals surface area contributed by atoms with E-state index in [9.17, 15) is 4.79 Å². The summed E-state index contributed by atoms with van der Waals surface area (Å²) in [5, 5.41) is 11.7. The number of nitrogens with one attached hydrogen (secondary N) is 1. The number of morpholine rings is 1. The highest BCUT2D eigenvalue weighted by atomic mass is 32.1. The van der Waals surface area contributed by atoms with Crippen LogP contribution in [0.15, 0.2) is 0 Å². The van der Waals surface area contributed by atoms with E-state index in [1.54, 1.807) is 11.9 Å². The van der Waals surface area contributed by atoms with Crippen molar-refractivity contribution >= 4 is 22.4 Å². The van der Waals surface area contributed by atoms with Crippen molar-refractivity contribution in [1.82, 2.24) is 15.1 Å². The van der Waals surface area contributed by atoms with Gasteiger partial charge < -0.3 is 15.0 Å². The Balaban J connectivity index is 2.13. The first-order valence-corrected chi connectivity index (χ1v) is 6.71. The third kappa shape index (κ3) is 2.78. The molecule has 7 heteroatoms. The van der Waals surface area contributed by atoms with Crippen molar-refractivity contribution in [3.05, 3.63) is 5.01 Å². The monoisotopic (exact) mass is 270 g/mol. The van der Waals surface area contributed by atoms with Gasteiger partial charge in [0.25, 0.3) is 5.91 Å². The predicted molar refractivity (Wildman–Crippen MR) is 70.0 cm³/mol. The number of carbonyl (C=O) groups excluding carboxylic acids is 1. The maximum atomic E-state index is 12.3. The second-order valence-electron chi connectivity index (χ2n) is 5.04. The number of amides is 1. The molecule has 1 fully saturated rings. The highest BCUT2D eigenvalue weighted by Gasteiger charge is 2.35. The topological polar surface area (TPSA) is 67.4 Å². The molecule has 2 heterocycles. The number of hydrogen-bond acceptors (Lipinski definition) is 6. The van der Waals surface area contributed by atoms with Gasteiger partial charge in [0, 0.05) is 20.1 Å². The Hall–Kier alpha value is -1.21. The summed E-state index contributed by atoms with van der Waals surface area (Å²) in [5.74, 6) is -0.0720. The van der Waals surface area contributed by atoms with E-state index >= 15 is 0 Å². The summed E-state index contributed by atoms with van der Waals surface area (Å²) in [6, 6.07) is 0. The fourth-order valence-corrected chi connectivity index (χ4v) is 2.82. The van der Waals surface area contributed by atoms with E-state index in [0.29, 0.717) is 23.2 Å². The molecule has 1 aromatic heterocycles. The average Bonchev–Trinajstić information content (AvgIpc) is 2.73. The summed E-state index contributed by atoms with van der Waals surface area (Å²) in [5.41, 5.74) is -0.316. The van der Waals surface area contributed by atoms with Gasteiger partial charge in [0.2, 0.25) is 10.1 Å². The van der Waals surface area contributed by atoms with Gasteiger partial charge >= 0.3 is 0 Å². The fraction of sp³-hybridized carbons (Fsp3) is 0.727. The molecule has 0 bridgehead atoms. The number of anilines is 1. The number of aromatic nitrogens is 2. The molecule has 0 aliphatic carbocycles. The molecule has 0 aromatic carbocycles. The van der Waals surface area contributed by atoms with Crippen LogP contribution in [-0.4, -0.2) is 52.8 Å². The van der Waals surface area contributed by atoms with Gasteiger partial charge in [0.15, 0.2) is 0 Å². The van der Waals surface area contributed by atoms with Crippen molar-refractivity contribution in [3.8, 4) is 0 Å². The van der Waals surface area contributed by atoms with E-state index in [4.69, 9.17) is 4.74 Å². The third-order valence-electron chi connectivity index (χ3n) is 2.68. The molecule has 100 valence electrons. The second-order valence-corrected chi connectivity index (χ2v) is 6.01. The van der Waals surface area contributed by atoms with Gasteiger partial charge in [0.1, 0.15) is 0 Å². The van der Waals surface area contributed by atoms with Crippen LogP contribution in [0, 0.1) is 0 Å². The van der Waals surface area contributed by atoms with E-state index in [2.05, 4.69) is 15.5 Å². The largest absolute Gasteiger partial charge is 0.369 e. The SMILES string of the molecule is CNc1nnc(C(=O)N2CC(C)OC(C)(C)C2)s1. The normalized spacial score (nSPS) is 22.9. The molecule has 0 radical (unpaired) electrons. The van der Waals surface area contributed by atoms with Crippen LogP contribution < -0.4 is 5.32 Å². The lowest BCUT2D eigenvalue weighted by Crippen LogP contribution is -2.53. The van der Waals surface area contributed by atoms with E-state index in [1.807, 2.05) is 20.8 Å². The van der Waals surface area contributed by atoms with E-state index in [-0.39, 0.29) is 17.6 Å². The molecule has 2 rings (SSSR count). The number of ether oxygens (including phenoxy) is 1. The maximum Gasteiger partial charge on any atom is 0.285 e. The summed E-state index contributed by atoms with van der Waals surface area (Å²) in [7, 11) is 1.76. The summed E-state index contributed by atoms with van der Waals surface area (Å²) in [6.07, 6.45) is 0.0365. The highest BCUT2D eigenvalue weighted by molar-refractivity contribution is 7.17. The van der Waals surface area contributed by atoms with Gasteiger partial charge in [0.05, 0.1) is 11.7 Å². The lowest BCUT2D eigenvalue weighted by atomic mass is 10.1. The molecule has 1 aromatic rings. The van der Waals surface area contributed by atoms with Crippen LogP contribution in [0.4, 0.5) is 5.13 Å². The van der Waals surface area contributed by atoms with Gasteiger partial charge in [-0.1, -0.05) is 11.3 Å². The van der Waals surface area contributed by atoms with Crippen molar-refractivity contribution in [3.63, 3.8) is 0 Å². The lowest BCUT2D eigenvalue weighted by Gasteiger charge is -2.41. The first-order valence-electron chi connectivity index (χ1n) is 5.89. The van der Waals surface area contributed by atoms with Crippen molar-refractivity contribution < 1.29 is 9.53 Å². The molecule has 0 spiro atoms. The van der Waals surface area contributed by atoms with Gasteiger partial charge in [-0.05, 0) is 20.8 Å². The van der Waals surface area contributed by atoms with Crippen molar-refractivity contribution in [1.29, 1.82) is 0 Å².